The predicted molar refractivity (Wildman–Crippen MR) is 127 cm³/mol. The van der Waals surface area contributed by atoms with Gasteiger partial charge in [0.25, 0.3) is 5.91 Å². The summed E-state index contributed by atoms with van der Waals surface area (Å²) in [4.78, 5) is 17.3. The number of aryl methyl sites for hydroxylation is 2. The molecule has 4 N–H and O–H groups in total. The quantitative estimate of drug-likeness (QED) is 0.300. The van der Waals surface area contributed by atoms with Gasteiger partial charge in [0.15, 0.2) is 16.8 Å². The molecule has 0 aliphatic heterocycles. The minimum atomic E-state index is -0.320. The van der Waals surface area contributed by atoms with Gasteiger partial charge in [0.1, 0.15) is 16.4 Å². The number of aromatic hydroxyl groups is 1. The van der Waals surface area contributed by atoms with Crippen LogP contribution in [-0.2, 0) is 0 Å². The van der Waals surface area contributed by atoms with Gasteiger partial charge in [-0.25, -0.2) is 9.37 Å². The van der Waals surface area contributed by atoms with Crippen molar-refractivity contribution >= 4 is 45.4 Å². The number of nitrogens with zero attached hydrogens (tertiary/aromatic N) is 3. The molecule has 0 saturated heterocycles. The molecular formula is C23H21FN6O2S. The minimum absolute atomic E-state index is 0.119. The van der Waals surface area contributed by atoms with Gasteiger partial charge in [0.2, 0.25) is 0 Å². The number of carbonyl (C=O) groups is 1. The molecule has 0 fully saturated rings. The van der Waals surface area contributed by atoms with Crippen molar-refractivity contribution in [3.05, 3.63) is 76.0 Å². The van der Waals surface area contributed by atoms with E-state index in [1.807, 2.05) is 13.8 Å². The fourth-order valence-electron chi connectivity index (χ4n) is 3.09. The molecule has 4 aromatic rings. The molecule has 1 amide bonds. The largest absolute Gasteiger partial charge is 0.508 e. The van der Waals surface area contributed by atoms with Crippen LogP contribution in [0.1, 0.15) is 26.4 Å². The van der Waals surface area contributed by atoms with Crippen molar-refractivity contribution in [2.45, 2.75) is 20.8 Å². The third kappa shape index (κ3) is 5.07. The lowest BCUT2D eigenvalue weighted by molar-refractivity contribution is 0.103. The summed E-state index contributed by atoms with van der Waals surface area (Å²) < 4.78 is 13.1. The number of halogens is 1. The number of thiazole rings is 1. The van der Waals surface area contributed by atoms with Crippen molar-refractivity contribution in [3.63, 3.8) is 0 Å². The monoisotopic (exact) mass is 464 g/mol. The summed E-state index contributed by atoms with van der Waals surface area (Å²) in [5, 5.41) is 27.7. The Kier molecular flexibility index (Phi) is 6.18. The molecule has 0 aliphatic rings. The van der Waals surface area contributed by atoms with Gasteiger partial charge in [0.05, 0.1) is 11.9 Å². The SMILES string of the molecule is Cc1cc(Nc2ccc(F)cc2)nnc1Nc1ncc(C(=O)Nc2c(C)ccc(O)c2C)s1. The normalized spacial score (nSPS) is 10.7. The maximum Gasteiger partial charge on any atom is 0.267 e. The number of amides is 1. The van der Waals surface area contributed by atoms with E-state index in [2.05, 4.69) is 31.1 Å². The second-order valence-corrected chi connectivity index (χ2v) is 8.43. The van der Waals surface area contributed by atoms with Crippen LogP contribution in [0.4, 0.5) is 32.5 Å². The Morgan fingerprint density at radius 3 is 2.48 bits per heavy atom. The second kappa shape index (κ2) is 9.21. The van der Waals surface area contributed by atoms with Crippen LogP contribution in [0.5, 0.6) is 5.75 Å². The molecule has 0 bridgehead atoms. The molecule has 0 atom stereocenters. The molecule has 2 heterocycles. The third-order valence-corrected chi connectivity index (χ3v) is 5.85. The van der Waals surface area contributed by atoms with E-state index in [4.69, 9.17) is 0 Å². The average Bonchev–Trinajstić information content (AvgIpc) is 3.26. The topological polar surface area (TPSA) is 112 Å². The molecule has 0 spiro atoms. The van der Waals surface area contributed by atoms with Crippen LogP contribution in [0.2, 0.25) is 0 Å². The van der Waals surface area contributed by atoms with E-state index in [-0.39, 0.29) is 17.5 Å². The maximum absolute atomic E-state index is 13.1. The zero-order valence-corrected chi connectivity index (χ0v) is 18.9. The summed E-state index contributed by atoms with van der Waals surface area (Å²) in [5.74, 6) is 0.500. The first-order chi connectivity index (χ1) is 15.8. The van der Waals surface area contributed by atoms with Crippen LogP contribution < -0.4 is 16.0 Å². The standard InChI is InChI=1S/C23H21FN6O2S/c1-12-4-9-17(31)14(3)20(12)27-22(32)18-11-25-23(33-18)28-21-13(2)10-19(29-30-21)26-16-7-5-15(24)6-8-16/h4-11,31H,1-3H3,(H,26,29)(H,27,32)(H,25,28,30). The number of phenolic OH excluding ortho intramolecular Hbond substituents is 1. The number of hydrogen-bond donors (Lipinski definition) is 4. The summed E-state index contributed by atoms with van der Waals surface area (Å²) in [6.07, 6.45) is 1.48. The fraction of sp³-hybridized carbons (Fsp3) is 0.130. The van der Waals surface area contributed by atoms with Crippen molar-refractivity contribution < 1.29 is 14.3 Å². The molecule has 168 valence electrons. The first-order valence-corrected chi connectivity index (χ1v) is 10.8. The lowest BCUT2D eigenvalue weighted by atomic mass is 10.1. The van der Waals surface area contributed by atoms with E-state index in [0.717, 1.165) is 11.1 Å². The van der Waals surface area contributed by atoms with Crippen molar-refractivity contribution in [1.29, 1.82) is 0 Å². The molecule has 0 radical (unpaired) electrons. The van der Waals surface area contributed by atoms with Crippen molar-refractivity contribution in [2.24, 2.45) is 0 Å². The summed E-state index contributed by atoms with van der Waals surface area (Å²) in [7, 11) is 0. The van der Waals surface area contributed by atoms with Crippen molar-refractivity contribution in [1.82, 2.24) is 15.2 Å². The van der Waals surface area contributed by atoms with Crippen LogP contribution >= 0.6 is 11.3 Å². The van der Waals surface area contributed by atoms with Gasteiger partial charge in [0, 0.05) is 11.3 Å². The van der Waals surface area contributed by atoms with Crippen LogP contribution in [-0.4, -0.2) is 26.2 Å². The van der Waals surface area contributed by atoms with Gasteiger partial charge < -0.3 is 21.1 Å². The number of carbonyl (C=O) groups excluding carboxylic acids is 1. The van der Waals surface area contributed by atoms with Gasteiger partial charge in [-0.1, -0.05) is 17.4 Å². The second-order valence-electron chi connectivity index (χ2n) is 7.40. The molecule has 4 rings (SSSR count). The number of phenols is 1. The van der Waals surface area contributed by atoms with Crippen LogP contribution in [0.15, 0.2) is 48.7 Å². The molecule has 2 aromatic heterocycles. The first-order valence-electron chi connectivity index (χ1n) is 10.0. The van der Waals surface area contributed by atoms with E-state index < -0.39 is 0 Å². The lowest BCUT2D eigenvalue weighted by Gasteiger charge is -2.12. The third-order valence-electron chi connectivity index (χ3n) is 4.94. The summed E-state index contributed by atoms with van der Waals surface area (Å²) in [6.45, 7) is 5.47. The highest BCUT2D eigenvalue weighted by molar-refractivity contribution is 7.17. The molecular weight excluding hydrogens is 443 g/mol. The maximum atomic E-state index is 13.1. The summed E-state index contributed by atoms with van der Waals surface area (Å²) in [5.41, 5.74) is 3.53. The van der Waals surface area contributed by atoms with Crippen LogP contribution in [0.3, 0.4) is 0 Å². The molecule has 33 heavy (non-hydrogen) atoms. The zero-order valence-electron chi connectivity index (χ0n) is 18.1. The number of benzene rings is 2. The Hall–Kier alpha value is -4.05. The number of aromatic nitrogens is 3. The van der Waals surface area contributed by atoms with Crippen molar-refractivity contribution in [2.75, 3.05) is 16.0 Å². The highest BCUT2D eigenvalue weighted by Gasteiger charge is 2.16. The first kappa shape index (κ1) is 22.2. The molecule has 2 aromatic carbocycles. The van der Waals surface area contributed by atoms with Gasteiger partial charge >= 0.3 is 0 Å². The Balaban J connectivity index is 1.44. The smallest absolute Gasteiger partial charge is 0.267 e. The van der Waals surface area contributed by atoms with E-state index in [1.165, 1.54) is 29.7 Å². The lowest BCUT2D eigenvalue weighted by Crippen LogP contribution is -2.12. The zero-order chi connectivity index (χ0) is 23.5. The van der Waals surface area contributed by atoms with Crippen molar-refractivity contribution in [3.8, 4) is 5.75 Å². The molecule has 0 saturated carbocycles. The minimum Gasteiger partial charge on any atom is -0.508 e. The molecule has 8 nitrogen and oxygen atoms in total. The number of hydrogen-bond acceptors (Lipinski definition) is 8. The number of anilines is 5. The number of nitrogens with one attached hydrogen (secondary N) is 3. The van der Waals surface area contributed by atoms with E-state index in [9.17, 15) is 14.3 Å². The van der Waals surface area contributed by atoms with Gasteiger partial charge in [-0.3, -0.25) is 4.79 Å². The number of rotatable bonds is 6. The highest BCUT2D eigenvalue weighted by atomic mass is 32.1. The fourth-order valence-corrected chi connectivity index (χ4v) is 3.80. The van der Waals surface area contributed by atoms with E-state index >= 15 is 0 Å². The Morgan fingerprint density at radius 2 is 1.76 bits per heavy atom. The highest BCUT2D eigenvalue weighted by Crippen LogP contribution is 2.30. The summed E-state index contributed by atoms with van der Waals surface area (Å²) >= 11 is 1.17. The van der Waals surface area contributed by atoms with E-state index in [1.54, 1.807) is 37.3 Å². The van der Waals surface area contributed by atoms with Gasteiger partial charge in [-0.15, -0.1) is 10.2 Å². The van der Waals surface area contributed by atoms with E-state index in [0.29, 0.717) is 38.6 Å². The summed E-state index contributed by atoms with van der Waals surface area (Å²) in [6, 6.07) is 11.1. The van der Waals surface area contributed by atoms with Gasteiger partial charge in [-0.05, 0) is 68.3 Å². The molecule has 10 heteroatoms. The average molecular weight is 465 g/mol. The molecule has 0 aliphatic carbocycles. The van der Waals surface area contributed by atoms with Crippen LogP contribution in [0, 0.1) is 26.6 Å². The van der Waals surface area contributed by atoms with Crippen LogP contribution in [0.25, 0.3) is 0 Å². The Bertz CT molecular complexity index is 1320. The molecule has 0 unspecified atom stereocenters. The van der Waals surface area contributed by atoms with Gasteiger partial charge in [-0.2, -0.15) is 0 Å². The Labute approximate surface area is 193 Å². The predicted octanol–water partition coefficient (Wildman–Crippen LogP) is 5.44. The Morgan fingerprint density at radius 1 is 1.00 bits per heavy atom.